The Morgan fingerprint density at radius 2 is 1.82 bits per heavy atom. The summed E-state index contributed by atoms with van der Waals surface area (Å²) in [5, 5.41) is 0.233. The van der Waals surface area contributed by atoms with Gasteiger partial charge >= 0.3 is 0 Å². The summed E-state index contributed by atoms with van der Waals surface area (Å²) in [5.74, 6) is 2.62. The Morgan fingerprint density at radius 3 is 2.47 bits per heavy atom. The van der Waals surface area contributed by atoms with Gasteiger partial charge in [0.15, 0.2) is 0 Å². The standard InChI is InChI=1S/C15H18BrCl/c1-8-7-13(16)9(2)6-12(8)15(17)14-10-4-3-5-11(10)14/h6-7,10-11,14-15H,3-5H2,1-2H3. The highest BCUT2D eigenvalue weighted by atomic mass is 79.9. The predicted molar refractivity (Wildman–Crippen MR) is 76.5 cm³/mol. The highest BCUT2D eigenvalue weighted by molar-refractivity contribution is 9.10. The van der Waals surface area contributed by atoms with Crippen LogP contribution in [0.3, 0.4) is 0 Å². The van der Waals surface area contributed by atoms with Crippen LogP contribution in [0, 0.1) is 31.6 Å². The van der Waals surface area contributed by atoms with Gasteiger partial charge in [-0.1, -0.05) is 28.4 Å². The molecule has 0 amide bonds. The molecule has 0 heterocycles. The molecule has 0 N–H and O–H groups in total. The van der Waals surface area contributed by atoms with Crippen molar-refractivity contribution < 1.29 is 0 Å². The molecule has 0 nitrogen and oxygen atoms in total. The average molecular weight is 314 g/mol. The second-order valence-corrected chi connectivity index (χ2v) is 7.02. The topological polar surface area (TPSA) is 0 Å². The van der Waals surface area contributed by atoms with E-state index >= 15 is 0 Å². The molecule has 3 unspecified atom stereocenters. The molecule has 92 valence electrons. The van der Waals surface area contributed by atoms with Crippen molar-refractivity contribution in [2.45, 2.75) is 38.5 Å². The first-order valence-corrected chi connectivity index (χ1v) is 7.73. The van der Waals surface area contributed by atoms with Gasteiger partial charge in [-0.15, -0.1) is 11.6 Å². The van der Waals surface area contributed by atoms with E-state index in [1.807, 2.05) is 0 Å². The van der Waals surface area contributed by atoms with Crippen LogP contribution < -0.4 is 0 Å². The van der Waals surface area contributed by atoms with E-state index < -0.39 is 0 Å². The molecule has 3 rings (SSSR count). The van der Waals surface area contributed by atoms with Gasteiger partial charge in [-0.05, 0) is 67.2 Å². The third-order valence-electron chi connectivity index (χ3n) is 4.66. The molecule has 0 saturated heterocycles. The molecule has 0 aliphatic heterocycles. The van der Waals surface area contributed by atoms with Crippen molar-refractivity contribution in [3.05, 3.63) is 33.3 Å². The van der Waals surface area contributed by atoms with Crippen LogP contribution in [0.2, 0.25) is 0 Å². The number of aryl methyl sites for hydroxylation is 2. The maximum Gasteiger partial charge on any atom is 0.0621 e. The first-order chi connectivity index (χ1) is 8.09. The van der Waals surface area contributed by atoms with E-state index in [1.54, 1.807) is 0 Å². The maximum absolute atomic E-state index is 6.72. The maximum atomic E-state index is 6.72. The quantitative estimate of drug-likeness (QED) is 0.642. The summed E-state index contributed by atoms with van der Waals surface area (Å²) in [6.07, 6.45) is 4.24. The lowest BCUT2D eigenvalue weighted by atomic mass is 9.97. The number of fused-ring (bicyclic) bond motifs is 1. The van der Waals surface area contributed by atoms with E-state index in [4.69, 9.17) is 11.6 Å². The van der Waals surface area contributed by atoms with Gasteiger partial charge < -0.3 is 0 Å². The summed E-state index contributed by atoms with van der Waals surface area (Å²) in [6.45, 7) is 4.32. The largest absolute Gasteiger partial charge is 0.117 e. The molecular formula is C15H18BrCl. The Labute approximate surface area is 117 Å². The fourth-order valence-corrected chi connectivity index (χ4v) is 4.69. The van der Waals surface area contributed by atoms with E-state index in [-0.39, 0.29) is 5.38 Å². The zero-order valence-electron chi connectivity index (χ0n) is 10.3. The second-order valence-electron chi connectivity index (χ2n) is 5.70. The molecular weight excluding hydrogens is 296 g/mol. The van der Waals surface area contributed by atoms with Crippen LogP contribution in [-0.2, 0) is 0 Å². The highest BCUT2D eigenvalue weighted by Gasteiger charge is 2.55. The lowest BCUT2D eigenvalue weighted by molar-refractivity contribution is 0.572. The van der Waals surface area contributed by atoms with Gasteiger partial charge in [0.2, 0.25) is 0 Å². The molecule has 2 aliphatic rings. The molecule has 1 aromatic carbocycles. The molecule has 2 fully saturated rings. The van der Waals surface area contributed by atoms with Gasteiger partial charge in [0.25, 0.3) is 0 Å². The van der Waals surface area contributed by atoms with Crippen molar-refractivity contribution in [3.63, 3.8) is 0 Å². The molecule has 0 radical (unpaired) electrons. The number of rotatable bonds is 2. The third kappa shape index (κ3) is 1.96. The molecule has 0 bridgehead atoms. The smallest absolute Gasteiger partial charge is 0.0621 e. The lowest BCUT2D eigenvalue weighted by Gasteiger charge is -2.16. The molecule has 2 aliphatic carbocycles. The van der Waals surface area contributed by atoms with E-state index in [2.05, 4.69) is 41.9 Å². The van der Waals surface area contributed by atoms with E-state index in [1.165, 1.54) is 40.4 Å². The number of hydrogen-bond acceptors (Lipinski definition) is 0. The summed E-state index contributed by atoms with van der Waals surface area (Å²) in [7, 11) is 0. The Balaban J connectivity index is 1.87. The van der Waals surface area contributed by atoms with Gasteiger partial charge in [-0.3, -0.25) is 0 Å². The zero-order valence-corrected chi connectivity index (χ0v) is 12.7. The number of benzene rings is 1. The first-order valence-electron chi connectivity index (χ1n) is 6.50. The summed E-state index contributed by atoms with van der Waals surface area (Å²) in [5.41, 5.74) is 3.97. The fraction of sp³-hybridized carbons (Fsp3) is 0.600. The van der Waals surface area contributed by atoms with E-state index in [9.17, 15) is 0 Å². The molecule has 17 heavy (non-hydrogen) atoms. The van der Waals surface area contributed by atoms with Crippen LogP contribution in [0.5, 0.6) is 0 Å². The average Bonchev–Trinajstić information content (AvgIpc) is 2.76. The molecule has 0 spiro atoms. The molecule has 1 aromatic rings. The van der Waals surface area contributed by atoms with Gasteiger partial charge in [-0.25, -0.2) is 0 Å². The van der Waals surface area contributed by atoms with Crippen LogP contribution in [0.4, 0.5) is 0 Å². The molecule has 2 saturated carbocycles. The van der Waals surface area contributed by atoms with Crippen LogP contribution >= 0.6 is 27.5 Å². The van der Waals surface area contributed by atoms with Gasteiger partial charge in [0.05, 0.1) is 5.38 Å². The summed E-state index contributed by atoms with van der Waals surface area (Å²) >= 11 is 10.3. The highest BCUT2D eigenvalue weighted by Crippen LogP contribution is 2.64. The Kier molecular flexibility index (Phi) is 3.03. The second kappa shape index (κ2) is 4.28. The lowest BCUT2D eigenvalue weighted by Crippen LogP contribution is -2.01. The first kappa shape index (κ1) is 12.0. The van der Waals surface area contributed by atoms with Crippen molar-refractivity contribution in [1.82, 2.24) is 0 Å². The van der Waals surface area contributed by atoms with Crippen molar-refractivity contribution in [1.29, 1.82) is 0 Å². The zero-order chi connectivity index (χ0) is 12.2. The Bertz CT molecular complexity index is 444. The molecule has 0 aromatic heterocycles. The monoisotopic (exact) mass is 312 g/mol. The summed E-state index contributed by atoms with van der Waals surface area (Å²) in [6, 6.07) is 4.48. The minimum Gasteiger partial charge on any atom is -0.117 e. The van der Waals surface area contributed by atoms with Crippen molar-refractivity contribution in [2.24, 2.45) is 17.8 Å². The molecule has 3 atom stereocenters. The van der Waals surface area contributed by atoms with Crippen LogP contribution in [0.15, 0.2) is 16.6 Å². The van der Waals surface area contributed by atoms with Gasteiger partial charge in [-0.2, -0.15) is 0 Å². The van der Waals surface area contributed by atoms with Gasteiger partial charge in [0, 0.05) is 4.47 Å². The number of halogens is 2. The Hall–Kier alpha value is -0.0100. The predicted octanol–water partition coefficient (Wildman–Crippen LogP) is 5.39. The number of alkyl halides is 1. The summed E-state index contributed by atoms with van der Waals surface area (Å²) < 4.78 is 1.19. The summed E-state index contributed by atoms with van der Waals surface area (Å²) in [4.78, 5) is 0. The SMILES string of the molecule is Cc1cc(C(Cl)C2C3CCCC32)c(C)cc1Br. The van der Waals surface area contributed by atoms with Gasteiger partial charge in [0.1, 0.15) is 0 Å². The normalized spacial score (nSPS) is 32.4. The minimum atomic E-state index is 0.233. The minimum absolute atomic E-state index is 0.233. The van der Waals surface area contributed by atoms with E-state index in [0.717, 1.165) is 17.8 Å². The van der Waals surface area contributed by atoms with Crippen molar-refractivity contribution in [2.75, 3.05) is 0 Å². The fourth-order valence-electron chi connectivity index (χ4n) is 3.62. The van der Waals surface area contributed by atoms with Crippen molar-refractivity contribution >= 4 is 27.5 Å². The van der Waals surface area contributed by atoms with E-state index in [0.29, 0.717) is 0 Å². The third-order valence-corrected chi connectivity index (χ3v) is 6.04. The Morgan fingerprint density at radius 1 is 1.18 bits per heavy atom. The van der Waals surface area contributed by atoms with Crippen molar-refractivity contribution in [3.8, 4) is 0 Å². The van der Waals surface area contributed by atoms with Crippen LogP contribution in [0.1, 0.15) is 41.3 Å². The van der Waals surface area contributed by atoms with Crippen LogP contribution in [0.25, 0.3) is 0 Å². The molecule has 2 heteroatoms. The number of hydrogen-bond donors (Lipinski definition) is 0. The van der Waals surface area contributed by atoms with Crippen LogP contribution in [-0.4, -0.2) is 0 Å².